The summed E-state index contributed by atoms with van der Waals surface area (Å²) in [4.78, 5) is 13.3. The zero-order chi connectivity index (χ0) is 8.55. The van der Waals surface area contributed by atoms with Gasteiger partial charge in [-0.15, -0.1) is 0 Å². The van der Waals surface area contributed by atoms with Crippen LogP contribution in [-0.2, 0) is 0 Å². The van der Waals surface area contributed by atoms with Crippen molar-refractivity contribution in [3.8, 4) is 0 Å². The van der Waals surface area contributed by atoms with Gasteiger partial charge in [0.2, 0.25) is 0 Å². The van der Waals surface area contributed by atoms with Crippen molar-refractivity contribution in [3.05, 3.63) is 18.0 Å². The predicted molar refractivity (Wildman–Crippen MR) is 43.7 cm³/mol. The fourth-order valence-corrected chi connectivity index (χ4v) is 1.41. The highest BCUT2D eigenvalue weighted by Crippen LogP contribution is 2.16. The van der Waals surface area contributed by atoms with Gasteiger partial charge < -0.3 is 4.90 Å². The van der Waals surface area contributed by atoms with Crippen LogP contribution in [0.3, 0.4) is 0 Å². The molecule has 0 saturated carbocycles. The van der Waals surface area contributed by atoms with E-state index < -0.39 is 0 Å². The van der Waals surface area contributed by atoms with Crippen LogP contribution in [0.15, 0.2) is 12.3 Å². The highest BCUT2D eigenvalue weighted by molar-refractivity contribution is 5.92. The highest BCUT2D eigenvalue weighted by Gasteiger charge is 2.28. The molecule has 1 amide bonds. The van der Waals surface area contributed by atoms with Gasteiger partial charge in [0.15, 0.2) is 0 Å². The zero-order valence-corrected chi connectivity index (χ0v) is 6.95. The molecule has 1 saturated heterocycles. The van der Waals surface area contributed by atoms with Crippen LogP contribution in [0.4, 0.5) is 0 Å². The molecular weight excluding hydrogens is 154 g/mol. The number of likely N-dealkylation sites (tertiary alicyclic amines) is 1. The lowest BCUT2D eigenvalue weighted by atomic mass is 10.0. The molecule has 0 bridgehead atoms. The largest absolute Gasteiger partial charge is 0.337 e. The minimum Gasteiger partial charge on any atom is -0.337 e. The van der Waals surface area contributed by atoms with Crippen molar-refractivity contribution in [2.45, 2.75) is 6.92 Å². The Bertz CT molecular complexity index is 275. The SMILES string of the molecule is CC1CN(C(=O)c2ccn[nH]2)C1. The molecule has 2 rings (SSSR count). The molecule has 0 aromatic carbocycles. The number of nitrogens with zero attached hydrogens (tertiary/aromatic N) is 2. The molecule has 0 aliphatic carbocycles. The fourth-order valence-electron chi connectivity index (χ4n) is 1.41. The van der Waals surface area contributed by atoms with Gasteiger partial charge in [0.1, 0.15) is 5.69 Å². The van der Waals surface area contributed by atoms with Crippen molar-refractivity contribution in [2.24, 2.45) is 5.92 Å². The van der Waals surface area contributed by atoms with E-state index in [1.807, 2.05) is 4.90 Å². The Kier molecular flexibility index (Phi) is 1.60. The Balaban J connectivity index is 2.03. The quantitative estimate of drug-likeness (QED) is 0.658. The fraction of sp³-hybridized carbons (Fsp3) is 0.500. The minimum atomic E-state index is 0.0607. The maximum absolute atomic E-state index is 11.5. The number of carbonyl (C=O) groups excluding carboxylic acids is 1. The maximum atomic E-state index is 11.5. The van der Waals surface area contributed by atoms with Crippen molar-refractivity contribution in [3.63, 3.8) is 0 Å². The van der Waals surface area contributed by atoms with E-state index in [1.54, 1.807) is 12.3 Å². The number of amides is 1. The molecule has 64 valence electrons. The summed E-state index contributed by atoms with van der Waals surface area (Å²) in [6.45, 7) is 3.88. The molecular formula is C8H11N3O. The Labute approximate surface area is 70.6 Å². The van der Waals surface area contributed by atoms with Gasteiger partial charge in [0.25, 0.3) is 5.91 Å². The smallest absolute Gasteiger partial charge is 0.271 e. The Morgan fingerprint density at radius 3 is 3.00 bits per heavy atom. The molecule has 0 radical (unpaired) electrons. The molecule has 1 aliphatic heterocycles. The van der Waals surface area contributed by atoms with Gasteiger partial charge in [-0.25, -0.2) is 0 Å². The average molecular weight is 165 g/mol. The molecule has 1 aromatic heterocycles. The van der Waals surface area contributed by atoms with E-state index in [4.69, 9.17) is 0 Å². The molecule has 2 heterocycles. The van der Waals surface area contributed by atoms with E-state index in [0.717, 1.165) is 13.1 Å². The van der Waals surface area contributed by atoms with Crippen molar-refractivity contribution < 1.29 is 4.79 Å². The van der Waals surface area contributed by atoms with E-state index in [1.165, 1.54) is 0 Å². The van der Waals surface area contributed by atoms with E-state index >= 15 is 0 Å². The van der Waals surface area contributed by atoms with E-state index in [9.17, 15) is 4.79 Å². The van der Waals surface area contributed by atoms with Gasteiger partial charge in [-0.1, -0.05) is 6.92 Å². The summed E-state index contributed by atoms with van der Waals surface area (Å²) in [5, 5.41) is 6.39. The molecule has 1 N–H and O–H groups in total. The molecule has 4 heteroatoms. The lowest BCUT2D eigenvalue weighted by Crippen LogP contribution is -2.48. The number of rotatable bonds is 1. The van der Waals surface area contributed by atoms with Gasteiger partial charge in [-0.05, 0) is 12.0 Å². The van der Waals surface area contributed by atoms with Gasteiger partial charge >= 0.3 is 0 Å². The number of aromatic nitrogens is 2. The van der Waals surface area contributed by atoms with Crippen LogP contribution in [0.1, 0.15) is 17.4 Å². The minimum absolute atomic E-state index is 0.0607. The van der Waals surface area contributed by atoms with E-state index in [0.29, 0.717) is 11.6 Å². The summed E-state index contributed by atoms with van der Waals surface area (Å²) in [6.07, 6.45) is 1.59. The zero-order valence-electron chi connectivity index (χ0n) is 6.95. The summed E-state index contributed by atoms with van der Waals surface area (Å²) >= 11 is 0. The first-order valence-corrected chi connectivity index (χ1v) is 4.06. The van der Waals surface area contributed by atoms with Gasteiger partial charge in [-0.3, -0.25) is 9.89 Å². The number of hydrogen-bond donors (Lipinski definition) is 1. The topological polar surface area (TPSA) is 49.0 Å². The normalized spacial score (nSPS) is 17.6. The van der Waals surface area contributed by atoms with Crippen LogP contribution in [0, 0.1) is 5.92 Å². The lowest BCUT2D eigenvalue weighted by Gasteiger charge is -2.36. The predicted octanol–water partition coefficient (Wildman–Crippen LogP) is 0.502. The molecule has 12 heavy (non-hydrogen) atoms. The number of carbonyl (C=O) groups is 1. The Hall–Kier alpha value is -1.32. The van der Waals surface area contributed by atoms with Crippen LogP contribution < -0.4 is 0 Å². The lowest BCUT2D eigenvalue weighted by molar-refractivity contribution is 0.0524. The molecule has 1 aromatic rings. The number of nitrogens with one attached hydrogen (secondary N) is 1. The third-order valence-electron chi connectivity index (χ3n) is 2.08. The number of hydrogen-bond acceptors (Lipinski definition) is 2. The van der Waals surface area contributed by atoms with Crippen molar-refractivity contribution in [2.75, 3.05) is 13.1 Å². The van der Waals surface area contributed by atoms with Gasteiger partial charge in [-0.2, -0.15) is 5.10 Å². The summed E-state index contributed by atoms with van der Waals surface area (Å²) in [6, 6.07) is 1.70. The summed E-state index contributed by atoms with van der Waals surface area (Å²) in [7, 11) is 0. The first-order chi connectivity index (χ1) is 5.77. The average Bonchev–Trinajstić information content (AvgIpc) is 2.49. The second-order valence-corrected chi connectivity index (χ2v) is 3.29. The molecule has 1 aliphatic rings. The Morgan fingerprint density at radius 2 is 2.50 bits per heavy atom. The maximum Gasteiger partial charge on any atom is 0.271 e. The number of H-pyrrole nitrogens is 1. The second-order valence-electron chi connectivity index (χ2n) is 3.29. The molecule has 0 atom stereocenters. The standard InChI is InChI=1S/C8H11N3O/c1-6-4-11(5-6)8(12)7-2-3-9-10-7/h2-3,6H,4-5H2,1H3,(H,9,10). The third-order valence-corrected chi connectivity index (χ3v) is 2.08. The first-order valence-electron chi connectivity index (χ1n) is 4.06. The molecule has 0 spiro atoms. The highest BCUT2D eigenvalue weighted by atomic mass is 16.2. The Morgan fingerprint density at radius 1 is 1.75 bits per heavy atom. The van der Waals surface area contributed by atoms with Crippen LogP contribution >= 0.6 is 0 Å². The van der Waals surface area contributed by atoms with E-state index in [-0.39, 0.29) is 5.91 Å². The van der Waals surface area contributed by atoms with Crippen molar-refractivity contribution in [1.29, 1.82) is 0 Å². The molecule has 4 nitrogen and oxygen atoms in total. The van der Waals surface area contributed by atoms with Crippen molar-refractivity contribution in [1.82, 2.24) is 15.1 Å². The number of aromatic amines is 1. The van der Waals surface area contributed by atoms with Gasteiger partial charge in [0.05, 0.1) is 0 Å². The van der Waals surface area contributed by atoms with Gasteiger partial charge in [0, 0.05) is 19.3 Å². The van der Waals surface area contributed by atoms with Crippen LogP contribution in [0.2, 0.25) is 0 Å². The van der Waals surface area contributed by atoms with E-state index in [2.05, 4.69) is 17.1 Å². The monoisotopic (exact) mass is 165 g/mol. The summed E-state index contributed by atoms with van der Waals surface area (Å²) in [5.74, 6) is 0.711. The van der Waals surface area contributed by atoms with Crippen molar-refractivity contribution >= 4 is 5.91 Å². The molecule has 1 fully saturated rings. The molecule has 0 unspecified atom stereocenters. The summed E-state index contributed by atoms with van der Waals surface area (Å²) < 4.78 is 0. The van der Waals surface area contributed by atoms with Crippen LogP contribution in [-0.4, -0.2) is 34.1 Å². The third kappa shape index (κ3) is 1.09. The first kappa shape index (κ1) is 7.34. The van der Waals surface area contributed by atoms with Crippen LogP contribution in [0.5, 0.6) is 0 Å². The van der Waals surface area contributed by atoms with Crippen LogP contribution in [0.25, 0.3) is 0 Å². The summed E-state index contributed by atoms with van der Waals surface area (Å²) in [5.41, 5.74) is 0.585. The second kappa shape index (κ2) is 2.62.